The quantitative estimate of drug-likeness (QED) is 0.134. The fourth-order valence-corrected chi connectivity index (χ4v) is 6.94. The number of nitrogens with one attached hydrogen (secondary N) is 1. The Labute approximate surface area is 246 Å². The summed E-state index contributed by atoms with van der Waals surface area (Å²) in [7, 11) is 0. The number of carbonyl (C=O) groups excluding carboxylic acids is 2. The van der Waals surface area contributed by atoms with Gasteiger partial charge in [-0.2, -0.15) is 5.26 Å². The number of hydrogen-bond donors (Lipinski definition) is 1. The van der Waals surface area contributed by atoms with E-state index in [1.54, 1.807) is 25.1 Å². The van der Waals surface area contributed by atoms with Gasteiger partial charge in [-0.3, -0.25) is 4.79 Å². The Kier molecular flexibility index (Phi) is 8.32. The van der Waals surface area contributed by atoms with Gasteiger partial charge in [-0.1, -0.05) is 47.5 Å². The highest BCUT2D eigenvalue weighted by Crippen LogP contribution is 2.39. The van der Waals surface area contributed by atoms with Crippen molar-refractivity contribution in [2.45, 2.75) is 46.1 Å². The molecule has 0 radical (unpaired) electrons. The van der Waals surface area contributed by atoms with Crippen LogP contribution in [-0.2, 0) is 28.9 Å². The van der Waals surface area contributed by atoms with Gasteiger partial charge in [-0.05, 0) is 74.9 Å². The van der Waals surface area contributed by atoms with Gasteiger partial charge in [0.25, 0.3) is 5.91 Å². The number of nitrogens with zero attached hydrogens (tertiary/aromatic N) is 2. The summed E-state index contributed by atoms with van der Waals surface area (Å²) in [5.41, 5.74) is 4.81. The molecule has 0 bridgehead atoms. The molecule has 2 aromatic heterocycles. The molecule has 0 saturated carbocycles. The third kappa shape index (κ3) is 5.40. The Hall–Kier alpha value is -3.57. The molecule has 0 saturated heterocycles. The lowest BCUT2D eigenvalue weighted by Crippen LogP contribution is -2.16. The maximum atomic E-state index is 13.4. The second kappa shape index (κ2) is 11.9. The van der Waals surface area contributed by atoms with E-state index in [-0.39, 0.29) is 12.2 Å². The molecule has 0 unspecified atom stereocenters. The standard InChI is InChI=1S/C31H27Cl2N3O3S/c1-3-39-31(38)28-23-9-5-7-11-27(23)40-30(28)35-29(37)20(16-34)14-24-18(2)36(26-10-6-4-8-22(24)26)17-19-12-13-21(32)15-25(19)33/h4,6,8,10,12-15H,3,5,7,9,11,17H2,1-2H3,(H,35,37). The number of anilines is 1. The topological polar surface area (TPSA) is 84.1 Å². The van der Waals surface area contributed by atoms with Gasteiger partial charge in [0.05, 0.1) is 12.2 Å². The minimum Gasteiger partial charge on any atom is -0.462 e. The number of para-hydroxylation sites is 1. The maximum absolute atomic E-state index is 13.4. The van der Waals surface area contributed by atoms with Crippen LogP contribution in [0.15, 0.2) is 48.0 Å². The first-order valence-electron chi connectivity index (χ1n) is 13.1. The number of benzene rings is 2. The van der Waals surface area contributed by atoms with Gasteiger partial charge in [-0.15, -0.1) is 11.3 Å². The minimum absolute atomic E-state index is 0.0586. The smallest absolute Gasteiger partial charge is 0.341 e. The predicted octanol–water partition coefficient (Wildman–Crippen LogP) is 7.97. The van der Waals surface area contributed by atoms with Gasteiger partial charge >= 0.3 is 5.97 Å². The summed E-state index contributed by atoms with van der Waals surface area (Å²) in [6.45, 7) is 4.44. The van der Waals surface area contributed by atoms with Crippen molar-refractivity contribution in [1.82, 2.24) is 4.57 Å². The van der Waals surface area contributed by atoms with Gasteiger partial charge in [0.15, 0.2) is 0 Å². The van der Waals surface area contributed by atoms with Crippen LogP contribution in [0.25, 0.3) is 17.0 Å². The SMILES string of the molecule is CCOC(=O)c1c(NC(=O)C(C#N)=Cc2c(C)n(Cc3ccc(Cl)cc3Cl)c3ccccc23)sc2c1CCCC2. The van der Waals surface area contributed by atoms with Gasteiger partial charge < -0.3 is 14.6 Å². The number of aryl methyl sites for hydroxylation is 1. The Morgan fingerprint density at radius 2 is 1.95 bits per heavy atom. The normalized spacial score (nSPS) is 13.1. The average molecular weight is 593 g/mol. The van der Waals surface area contributed by atoms with Gasteiger partial charge in [0.1, 0.15) is 16.6 Å². The monoisotopic (exact) mass is 591 g/mol. The minimum atomic E-state index is -0.566. The molecule has 9 heteroatoms. The average Bonchev–Trinajstić information content (AvgIpc) is 3.43. The van der Waals surface area contributed by atoms with Crippen LogP contribution in [0.2, 0.25) is 10.0 Å². The Balaban J connectivity index is 1.52. The number of fused-ring (bicyclic) bond motifs is 2. The summed E-state index contributed by atoms with van der Waals surface area (Å²) in [5, 5.41) is 15.4. The molecule has 0 atom stereocenters. The molecule has 2 heterocycles. The van der Waals surface area contributed by atoms with Gasteiger partial charge in [0, 0.05) is 43.6 Å². The molecule has 40 heavy (non-hydrogen) atoms. The largest absolute Gasteiger partial charge is 0.462 e. The van der Waals surface area contributed by atoms with E-state index < -0.39 is 11.9 Å². The van der Waals surface area contributed by atoms with Crippen molar-refractivity contribution in [2.75, 3.05) is 11.9 Å². The Bertz CT molecular complexity index is 1710. The van der Waals surface area contributed by atoms with Gasteiger partial charge in [-0.25, -0.2) is 4.79 Å². The van der Waals surface area contributed by atoms with Crippen LogP contribution in [-0.4, -0.2) is 23.1 Å². The van der Waals surface area contributed by atoms with Crippen LogP contribution in [0.5, 0.6) is 0 Å². The lowest BCUT2D eigenvalue weighted by atomic mass is 9.95. The number of halogens is 2. The molecular weight excluding hydrogens is 565 g/mol. The van der Waals surface area contributed by atoms with Crippen LogP contribution in [0.1, 0.15) is 57.4 Å². The number of esters is 1. The van der Waals surface area contributed by atoms with Crippen molar-refractivity contribution in [3.05, 3.63) is 90.9 Å². The van der Waals surface area contributed by atoms with E-state index in [2.05, 4.69) is 16.0 Å². The molecule has 2 aromatic carbocycles. The summed E-state index contributed by atoms with van der Waals surface area (Å²) < 4.78 is 7.41. The summed E-state index contributed by atoms with van der Waals surface area (Å²) in [6.07, 6.45) is 5.27. The molecule has 0 spiro atoms. The first kappa shape index (κ1) is 28.0. The fourth-order valence-electron chi connectivity index (χ4n) is 5.20. The second-order valence-corrected chi connectivity index (χ2v) is 11.5. The summed E-state index contributed by atoms with van der Waals surface area (Å²) in [6, 6.07) is 15.3. The third-order valence-corrected chi connectivity index (χ3v) is 8.95. The number of rotatable bonds is 7. The molecule has 0 fully saturated rings. The van der Waals surface area contributed by atoms with E-state index in [1.165, 1.54) is 11.3 Å². The molecule has 1 aliphatic carbocycles. The number of ether oxygens (including phenoxy) is 1. The number of hydrogen-bond acceptors (Lipinski definition) is 5. The number of thiophene rings is 1. The lowest BCUT2D eigenvalue weighted by molar-refractivity contribution is -0.112. The van der Waals surface area contributed by atoms with Crippen LogP contribution in [0, 0.1) is 18.3 Å². The third-order valence-electron chi connectivity index (χ3n) is 7.15. The van der Waals surface area contributed by atoms with Crippen molar-refractivity contribution in [2.24, 2.45) is 0 Å². The Morgan fingerprint density at radius 3 is 2.70 bits per heavy atom. The lowest BCUT2D eigenvalue weighted by Gasteiger charge is -2.12. The van der Waals surface area contributed by atoms with E-state index in [1.807, 2.05) is 37.3 Å². The van der Waals surface area contributed by atoms with E-state index in [4.69, 9.17) is 27.9 Å². The molecule has 6 nitrogen and oxygen atoms in total. The zero-order valence-electron chi connectivity index (χ0n) is 22.1. The van der Waals surface area contributed by atoms with Crippen LogP contribution in [0.4, 0.5) is 5.00 Å². The highest BCUT2D eigenvalue weighted by molar-refractivity contribution is 7.17. The number of aromatic nitrogens is 1. The van der Waals surface area contributed by atoms with Crippen molar-refractivity contribution in [3.63, 3.8) is 0 Å². The highest BCUT2D eigenvalue weighted by Gasteiger charge is 2.28. The van der Waals surface area contributed by atoms with E-state index >= 15 is 0 Å². The molecule has 1 N–H and O–H groups in total. The second-order valence-electron chi connectivity index (χ2n) is 9.60. The van der Waals surface area contributed by atoms with Crippen molar-refractivity contribution < 1.29 is 14.3 Å². The molecule has 0 aliphatic heterocycles. The van der Waals surface area contributed by atoms with E-state index in [0.29, 0.717) is 27.2 Å². The van der Waals surface area contributed by atoms with E-state index in [9.17, 15) is 14.9 Å². The number of amides is 1. The fraction of sp³-hybridized carbons (Fsp3) is 0.258. The molecule has 1 amide bonds. The molecule has 1 aliphatic rings. The van der Waals surface area contributed by atoms with Crippen molar-refractivity contribution in [3.8, 4) is 6.07 Å². The summed E-state index contributed by atoms with van der Waals surface area (Å²) in [4.78, 5) is 27.4. The first-order chi connectivity index (χ1) is 19.3. The summed E-state index contributed by atoms with van der Waals surface area (Å²) >= 11 is 14.0. The molecular formula is C31H27Cl2N3O3S. The highest BCUT2D eigenvalue weighted by atomic mass is 35.5. The van der Waals surface area contributed by atoms with Crippen LogP contribution in [0.3, 0.4) is 0 Å². The zero-order valence-corrected chi connectivity index (χ0v) is 24.5. The predicted molar refractivity (Wildman–Crippen MR) is 161 cm³/mol. The molecule has 204 valence electrons. The first-order valence-corrected chi connectivity index (χ1v) is 14.7. The number of carbonyl (C=O) groups is 2. The Morgan fingerprint density at radius 1 is 1.18 bits per heavy atom. The molecule has 4 aromatic rings. The van der Waals surface area contributed by atoms with Crippen molar-refractivity contribution >= 4 is 68.4 Å². The zero-order chi connectivity index (χ0) is 28.4. The number of nitriles is 1. The van der Waals surface area contributed by atoms with Gasteiger partial charge in [0.2, 0.25) is 0 Å². The van der Waals surface area contributed by atoms with Crippen LogP contribution < -0.4 is 5.32 Å². The van der Waals surface area contributed by atoms with E-state index in [0.717, 1.165) is 63.8 Å². The molecule has 5 rings (SSSR count). The van der Waals surface area contributed by atoms with Crippen molar-refractivity contribution in [1.29, 1.82) is 5.26 Å². The summed E-state index contributed by atoms with van der Waals surface area (Å²) in [5.74, 6) is -1.01. The maximum Gasteiger partial charge on any atom is 0.341 e. The van der Waals surface area contributed by atoms with Crippen LogP contribution >= 0.6 is 34.5 Å².